The van der Waals surface area contributed by atoms with Gasteiger partial charge in [0.25, 0.3) is 0 Å². The van der Waals surface area contributed by atoms with Gasteiger partial charge in [0.15, 0.2) is 0 Å². The Kier molecular flexibility index (Phi) is 1.92. The number of hydrogen-bond donors (Lipinski definition) is 1. The van der Waals surface area contributed by atoms with Crippen LogP contribution in [0.1, 0.15) is 19.4 Å². The number of benzene rings is 1. The zero-order valence-electron chi connectivity index (χ0n) is 8.74. The second-order valence-corrected chi connectivity index (χ2v) is 4.78. The molecule has 3 rings (SSSR count). The molecular formula is C11H11ClFN3. The smallest absolute Gasteiger partial charge is 0.201 e. The van der Waals surface area contributed by atoms with E-state index in [1.165, 1.54) is 12.1 Å². The summed E-state index contributed by atoms with van der Waals surface area (Å²) < 4.78 is 15.3. The van der Waals surface area contributed by atoms with Gasteiger partial charge in [0.1, 0.15) is 5.82 Å². The number of anilines is 1. The molecule has 0 radical (unpaired) electrons. The predicted octanol–water partition coefficient (Wildman–Crippen LogP) is 2.99. The maximum absolute atomic E-state index is 13.4. The average molecular weight is 240 g/mol. The van der Waals surface area contributed by atoms with Crippen molar-refractivity contribution in [1.82, 2.24) is 9.55 Å². The number of nitrogens with zero attached hydrogens (tertiary/aromatic N) is 2. The molecule has 0 spiro atoms. The normalized spacial score (nSPS) is 23.9. The Balaban J connectivity index is 2.27. The summed E-state index contributed by atoms with van der Waals surface area (Å²) in [5.74, 6) is 0.591. The minimum absolute atomic E-state index is 0.0843. The number of aromatic nitrogens is 2. The fourth-order valence-corrected chi connectivity index (χ4v) is 2.28. The van der Waals surface area contributed by atoms with Crippen LogP contribution < -0.4 is 5.73 Å². The van der Waals surface area contributed by atoms with Crippen LogP contribution in [-0.4, -0.2) is 9.55 Å². The third kappa shape index (κ3) is 1.29. The van der Waals surface area contributed by atoms with Crippen molar-refractivity contribution in [3.8, 4) is 0 Å². The fraction of sp³-hybridized carbons (Fsp3) is 0.364. The van der Waals surface area contributed by atoms with Crippen LogP contribution in [0.3, 0.4) is 0 Å². The Morgan fingerprint density at radius 1 is 1.56 bits per heavy atom. The molecule has 2 unspecified atom stereocenters. The predicted molar refractivity (Wildman–Crippen MR) is 61.9 cm³/mol. The van der Waals surface area contributed by atoms with Gasteiger partial charge in [0.2, 0.25) is 5.95 Å². The molecule has 2 N–H and O–H groups in total. The first-order valence-electron chi connectivity index (χ1n) is 5.20. The van der Waals surface area contributed by atoms with E-state index >= 15 is 0 Å². The molecule has 1 saturated carbocycles. The summed E-state index contributed by atoms with van der Waals surface area (Å²) in [4.78, 5) is 4.20. The highest BCUT2D eigenvalue weighted by Gasteiger charge is 2.36. The Hall–Kier alpha value is -1.29. The molecule has 84 valence electrons. The minimum atomic E-state index is -0.427. The standard InChI is InChI=1S/C11H11ClFN3/c1-5-2-9(5)16-10-4-7(13)6(12)3-8(10)15-11(16)14/h3-5,9H,2H2,1H3,(H2,14,15). The molecule has 0 bridgehead atoms. The average Bonchev–Trinajstić information content (AvgIpc) is 2.82. The molecule has 2 atom stereocenters. The van der Waals surface area contributed by atoms with Crippen molar-refractivity contribution in [1.29, 1.82) is 0 Å². The van der Waals surface area contributed by atoms with Crippen molar-refractivity contribution < 1.29 is 4.39 Å². The molecule has 0 amide bonds. The Morgan fingerprint density at radius 3 is 2.88 bits per heavy atom. The molecule has 1 aromatic heterocycles. The van der Waals surface area contributed by atoms with Crippen LogP contribution >= 0.6 is 11.6 Å². The Labute approximate surface area is 97.0 Å². The first-order chi connectivity index (χ1) is 7.58. The second-order valence-electron chi connectivity index (χ2n) is 4.38. The maximum atomic E-state index is 13.4. The Bertz CT molecular complexity index is 578. The Morgan fingerprint density at radius 2 is 2.25 bits per heavy atom. The van der Waals surface area contributed by atoms with Crippen molar-refractivity contribution in [3.63, 3.8) is 0 Å². The molecule has 2 aromatic rings. The summed E-state index contributed by atoms with van der Waals surface area (Å²) >= 11 is 5.71. The summed E-state index contributed by atoms with van der Waals surface area (Å²) in [5.41, 5.74) is 7.23. The quantitative estimate of drug-likeness (QED) is 0.832. The second kappa shape index (κ2) is 3.10. The lowest BCUT2D eigenvalue weighted by Crippen LogP contribution is -2.01. The van der Waals surface area contributed by atoms with Crippen LogP contribution in [0.25, 0.3) is 11.0 Å². The summed E-state index contributed by atoms with van der Waals surface area (Å²) in [6.45, 7) is 2.14. The molecule has 1 aromatic carbocycles. The monoisotopic (exact) mass is 239 g/mol. The van der Waals surface area contributed by atoms with Gasteiger partial charge in [-0.1, -0.05) is 18.5 Å². The van der Waals surface area contributed by atoms with Crippen LogP contribution in [0.15, 0.2) is 12.1 Å². The molecule has 1 aliphatic rings. The van der Waals surface area contributed by atoms with Gasteiger partial charge in [-0.15, -0.1) is 0 Å². The van der Waals surface area contributed by atoms with Gasteiger partial charge in [-0.3, -0.25) is 0 Å². The highest BCUT2D eigenvalue weighted by atomic mass is 35.5. The van der Waals surface area contributed by atoms with Crippen molar-refractivity contribution in [3.05, 3.63) is 23.0 Å². The van der Waals surface area contributed by atoms with Crippen LogP contribution in [0.5, 0.6) is 0 Å². The lowest BCUT2D eigenvalue weighted by atomic mass is 10.3. The van der Waals surface area contributed by atoms with E-state index in [9.17, 15) is 4.39 Å². The lowest BCUT2D eigenvalue weighted by molar-refractivity contribution is 0.627. The molecule has 0 aliphatic heterocycles. The molecular weight excluding hydrogens is 229 g/mol. The highest BCUT2D eigenvalue weighted by molar-refractivity contribution is 6.31. The van der Waals surface area contributed by atoms with Gasteiger partial charge in [-0.05, 0) is 18.4 Å². The van der Waals surface area contributed by atoms with E-state index in [0.717, 1.165) is 11.9 Å². The number of nitrogens with two attached hydrogens (primary N) is 1. The third-order valence-corrected chi connectivity index (χ3v) is 3.45. The van der Waals surface area contributed by atoms with Crippen molar-refractivity contribution in [2.24, 2.45) is 5.92 Å². The van der Waals surface area contributed by atoms with Gasteiger partial charge in [-0.2, -0.15) is 0 Å². The number of nitrogen functional groups attached to an aromatic ring is 1. The van der Waals surface area contributed by atoms with Gasteiger partial charge >= 0.3 is 0 Å². The summed E-state index contributed by atoms with van der Waals surface area (Å²) in [5, 5.41) is 0.0843. The zero-order valence-corrected chi connectivity index (χ0v) is 9.50. The van der Waals surface area contributed by atoms with E-state index < -0.39 is 5.82 Å². The summed E-state index contributed by atoms with van der Waals surface area (Å²) in [6.07, 6.45) is 1.07. The largest absolute Gasteiger partial charge is 0.369 e. The molecule has 5 heteroatoms. The van der Waals surface area contributed by atoms with E-state index in [1.807, 2.05) is 4.57 Å². The summed E-state index contributed by atoms with van der Waals surface area (Å²) in [7, 11) is 0. The molecule has 1 heterocycles. The first-order valence-corrected chi connectivity index (χ1v) is 5.58. The molecule has 1 fully saturated rings. The third-order valence-electron chi connectivity index (χ3n) is 3.16. The zero-order chi connectivity index (χ0) is 11.4. The molecule has 3 nitrogen and oxygen atoms in total. The topological polar surface area (TPSA) is 43.8 Å². The highest BCUT2D eigenvalue weighted by Crippen LogP contribution is 2.45. The molecule has 1 aliphatic carbocycles. The number of hydrogen-bond acceptors (Lipinski definition) is 2. The van der Waals surface area contributed by atoms with E-state index in [2.05, 4.69) is 11.9 Å². The van der Waals surface area contributed by atoms with Crippen LogP contribution in [0.4, 0.5) is 10.3 Å². The van der Waals surface area contributed by atoms with Crippen molar-refractivity contribution >= 4 is 28.6 Å². The molecule has 0 saturated heterocycles. The lowest BCUT2D eigenvalue weighted by Gasteiger charge is -2.04. The number of halogens is 2. The maximum Gasteiger partial charge on any atom is 0.201 e. The van der Waals surface area contributed by atoms with Crippen LogP contribution in [-0.2, 0) is 0 Å². The van der Waals surface area contributed by atoms with Crippen molar-refractivity contribution in [2.75, 3.05) is 5.73 Å². The van der Waals surface area contributed by atoms with E-state index in [-0.39, 0.29) is 5.02 Å². The fourth-order valence-electron chi connectivity index (χ4n) is 2.12. The SMILES string of the molecule is CC1CC1n1c(N)nc2cc(Cl)c(F)cc21. The van der Waals surface area contributed by atoms with E-state index in [4.69, 9.17) is 17.3 Å². The van der Waals surface area contributed by atoms with Gasteiger partial charge in [-0.25, -0.2) is 9.37 Å². The minimum Gasteiger partial charge on any atom is -0.369 e. The van der Waals surface area contributed by atoms with Gasteiger partial charge in [0.05, 0.1) is 16.1 Å². The van der Waals surface area contributed by atoms with E-state index in [0.29, 0.717) is 23.4 Å². The van der Waals surface area contributed by atoms with Crippen molar-refractivity contribution in [2.45, 2.75) is 19.4 Å². The number of imidazole rings is 1. The van der Waals surface area contributed by atoms with Gasteiger partial charge in [0, 0.05) is 12.1 Å². The van der Waals surface area contributed by atoms with E-state index in [1.54, 1.807) is 0 Å². The summed E-state index contributed by atoms with van der Waals surface area (Å²) in [6, 6.07) is 3.28. The first kappa shape index (κ1) is 9.90. The number of fused-ring (bicyclic) bond motifs is 1. The number of rotatable bonds is 1. The van der Waals surface area contributed by atoms with Gasteiger partial charge < -0.3 is 10.3 Å². The van der Waals surface area contributed by atoms with Crippen LogP contribution in [0.2, 0.25) is 5.02 Å². The van der Waals surface area contributed by atoms with Crippen LogP contribution in [0, 0.1) is 11.7 Å². The molecule has 16 heavy (non-hydrogen) atoms.